The highest BCUT2D eigenvalue weighted by Gasteiger charge is 2.07. The van der Waals surface area contributed by atoms with Gasteiger partial charge in [0.25, 0.3) is 0 Å². The lowest BCUT2D eigenvalue weighted by Gasteiger charge is -2.05. The maximum absolute atomic E-state index is 13.2. The highest BCUT2D eigenvalue weighted by Crippen LogP contribution is 2.23. The molecule has 0 aliphatic heterocycles. The van der Waals surface area contributed by atoms with Crippen LogP contribution >= 0.6 is 0 Å². The summed E-state index contributed by atoms with van der Waals surface area (Å²) in [6, 6.07) is 5.99. The van der Waals surface area contributed by atoms with E-state index in [0.29, 0.717) is 17.1 Å². The van der Waals surface area contributed by atoms with Gasteiger partial charge in [-0.05, 0) is 24.3 Å². The monoisotopic (exact) mass is 234 g/mol. The third kappa shape index (κ3) is 2.39. The molecule has 0 bridgehead atoms. The van der Waals surface area contributed by atoms with Gasteiger partial charge in [0.1, 0.15) is 0 Å². The number of hydrogen-bond acceptors (Lipinski definition) is 4. The van der Waals surface area contributed by atoms with Gasteiger partial charge in [-0.2, -0.15) is 0 Å². The molecule has 0 radical (unpaired) electrons. The van der Waals surface area contributed by atoms with Crippen LogP contribution in [0, 0.1) is 5.82 Å². The summed E-state index contributed by atoms with van der Waals surface area (Å²) in [7, 11) is 1.40. The molecule has 0 unspecified atom stereocenters. The Morgan fingerprint density at radius 1 is 1.35 bits per heavy atom. The van der Waals surface area contributed by atoms with Gasteiger partial charge in [0.05, 0.1) is 19.4 Å². The molecular weight excluding hydrogens is 223 g/mol. The van der Waals surface area contributed by atoms with Crippen molar-refractivity contribution in [1.82, 2.24) is 9.97 Å². The summed E-state index contributed by atoms with van der Waals surface area (Å²) in [6.07, 6.45) is 1.55. The minimum Gasteiger partial charge on any atom is -0.494 e. The van der Waals surface area contributed by atoms with Gasteiger partial charge in [0.15, 0.2) is 17.4 Å². The van der Waals surface area contributed by atoms with Crippen molar-refractivity contribution in [2.45, 2.75) is 6.61 Å². The second-order valence-corrected chi connectivity index (χ2v) is 3.38. The molecule has 17 heavy (non-hydrogen) atoms. The number of hydrogen-bond donors (Lipinski definition) is 1. The van der Waals surface area contributed by atoms with Crippen LogP contribution in [0.4, 0.5) is 4.39 Å². The van der Waals surface area contributed by atoms with E-state index in [1.165, 1.54) is 19.2 Å². The average Bonchev–Trinajstić information content (AvgIpc) is 2.39. The summed E-state index contributed by atoms with van der Waals surface area (Å²) >= 11 is 0. The van der Waals surface area contributed by atoms with Crippen LogP contribution in [-0.2, 0) is 6.61 Å². The zero-order chi connectivity index (χ0) is 12.3. The van der Waals surface area contributed by atoms with Crippen molar-refractivity contribution in [3.63, 3.8) is 0 Å². The summed E-state index contributed by atoms with van der Waals surface area (Å²) in [5, 5.41) is 8.98. The topological polar surface area (TPSA) is 55.2 Å². The third-order valence-corrected chi connectivity index (χ3v) is 2.28. The predicted molar refractivity (Wildman–Crippen MR) is 59.9 cm³/mol. The zero-order valence-corrected chi connectivity index (χ0v) is 9.22. The summed E-state index contributed by atoms with van der Waals surface area (Å²) in [5.41, 5.74) is 1.15. The van der Waals surface area contributed by atoms with Crippen LogP contribution in [0.15, 0.2) is 30.5 Å². The molecule has 2 aromatic rings. The maximum atomic E-state index is 13.2. The van der Waals surface area contributed by atoms with Crippen LogP contribution in [0.3, 0.4) is 0 Å². The molecule has 0 spiro atoms. The van der Waals surface area contributed by atoms with Crippen LogP contribution in [0.5, 0.6) is 5.75 Å². The smallest absolute Gasteiger partial charge is 0.165 e. The molecule has 0 aliphatic carbocycles. The first-order chi connectivity index (χ1) is 8.24. The Morgan fingerprint density at radius 2 is 2.18 bits per heavy atom. The van der Waals surface area contributed by atoms with Gasteiger partial charge >= 0.3 is 0 Å². The molecule has 0 amide bonds. The second kappa shape index (κ2) is 4.88. The fourth-order valence-electron chi connectivity index (χ4n) is 1.42. The Bertz CT molecular complexity index is 532. The van der Waals surface area contributed by atoms with E-state index in [9.17, 15) is 4.39 Å². The highest BCUT2D eigenvalue weighted by atomic mass is 19.1. The molecule has 0 atom stereocenters. The first-order valence-corrected chi connectivity index (χ1v) is 5.01. The molecule has 88 valence electrons. The molecule has 2 rings (SSSR count). The Kier molecular flexibility index (Phi) is 3.30. The van der Waals surface area contributed by atoms with Crippen molar-refractivity contribution in [2.75, 3.05) is 7.11 Å². The standard InChI is InChI=1S/C12H11FN2O2/c1-17-11-6-8(2-3-10(11)13)12-14-5-4-9(7-16)15-12/h2-6,16H,7H2,1H3. The van der Waals surface area contributed by atoms with E-state index in [1.54, 1.807) is 18.3 Å². The van der Waals surface area contributed by atoms with E-state index in [0.717, 1.165) is 0 Å². The summed E-state index contributed by atoms with van der Waals surface area (Å²) < 4.78 is 18.1. The fraction of sp³-hybridized carbons (Fsp3) is 0.167. The summed E-state index contributed by atoms with van der Waals surface area (Å²) in [5.74, 6) is 0.130. The van der Waals surface area contributed by atoms with Crippen LogP contribution in [0.25, 0.3) is 11.4 Å². The van der Waals surface area contributed by atoms with Crippen molar-refractivity contribution < 1.29 is 14.2 Å². The van der Waals surface area contributed by atoms with Gasteiger partial charge in [-0.25, -0.2) is 14.4 Å². The molecule has 0 aliphatic rings. The number of aliphatic hydroxyl groups excluding tert-OH is 1. The molecule has 0 saturated carbocycles. The first-order valence-electron chi connectivity index (χ1n) is 5.01. The van der Waals surface area contributed by atoms with Crippen molar-refractivity contribution in [3.8, 4) is 17.1 Å². The molecule has 1 N–H and O–H groups in total. The number of aromatic nitrogens is 2. The minimum absolute atomic E-state index is 0.139. The lowest BCUT2D eigenvalue weighted by atomic mass is 10.2. The quantitative estimate of drug-likeness (QED) is 0.879. The SMILES string of the molecule is COc1cc(-c2nccc(CO)n2)ccc1F. The number of benzene rings is 1. The molecular formula is C12H11FN2O2. The van der Waals surface area contributed by atoms with Gasteiger partial charge in [-0.1, -0.05) is 0 Å². The van der Waals surface area contributed by atoms with Crippen molar-refractivity contribution >= 4 is 0 Å². The molecule has 5 heteroatoms. The van der Waals surface area contributed by atoms with E-state index in [4.69, 9.17) is 9.84 Å². The van der Waals surface area contributed by atoms with E-state index < -0.39 is 5.82 Å². The van der Waals surface area contributed by atoms with E-state index >= 15 is 0 Å². The Balaban J connectivity index is 2.45. The molecule has 1 aromatic carbocycles. The molecule has 1 aromatic heterocycles. The Morgan fingerprint density at radius 3 is 2.88 bits per heavy atom. The predicted octanol–water partition coefficient (Wildman–Crippen LogP) is 1.78. The van der Waals surface area contributed by atoms with E-state index in [2.05, 4.69) is 9.97 Å². The maximum Gasteiger partial charge on any atom is 0.165 e. The normalized spacial score (nSPS) is 10.3. The van der Waals surface area contributed by atoms with E-state index in [1.807, 2.05) is 0 Å². The number of nitrogens with zero attached hydrogens (tertiary/aromatic N) is 2. The first kappa shape index (κ1) is 11.5. The van der Waals surface area contributed by atoms with Gasteiger partial charge in [-0.15, -0.1) is 0 Å². The zero-order valence-electron chi connectivity index (χ0n) is 9.22. The van der Waals surface area contributed by atoms with Crippen molar-refractivity contribution in [1.29, 1.82) is 0 Å². The number of halogens is 1. The van der Waals surface area contributed by atoms with Crippen LogP contribution in [0.2, 0.25) is 0 Å². The highest BCUT2D eigenvalue weighted by molar-refractivity contribution is 5.57. The Labute approximate surface area is 97.7 Å². The molecule has 0 saturated heterocycles. The van der Waals surface area contributed by atoms with Gasteiger partial charge < -0.3 is 9.84 Å². The largest absolute Gasteiger partial charge is 0.494 e. The van der Waals surface area contributed by atoms with Crippen LogP contribution in [-0.4, -0.2) is 22.2 Å². The molecule has 1 heterocycles. The number of rotatable bonds is 3. The number of methoxy groups -OCH3 is 1. The average molecular weight is 234 g/mol. The summed E-state index contributed by atoms with van der Waals surface area (Å²) in [6.45, 7) is -0.159. The lowest BCUT2D eigenvalue weighted by molar-refractivity contribution is 0.277. The summed E-state index contributed by atoms with van der Waals surface area (Å²) in [4.78, 5) is 8.19. The van der Waals surface area contributed by atoms with Crippen molar-refractivity contribution in [3.05, 3.63) is 42.0 Å². The molecule has 0 fully saturated rings. The van der Waals surface area contributed by atoms with E-state index in [-0.39, 0.29) is 12.4 Å². The second-order valence-electron chi connectivity index (χ2n) is 3.38. The van der Waals surface area contributed by atoms with Gasteiger partial charge in [-0.3, -0.25) is 0 Å². The van der Waals surface area contributed by atoms with Gasteiger partial charge in [0, 0.05) is 11.8 Å². The number of aliphatic hydroxyl groups is 1. The van der Waals surface area contributed by atoms with Crippen LogP contribution in [0.1, 0.15) is 5.69 Å². The fourth-order valence-corrected chi connectivity index (χ4v) is 1.42. The minimum atomic E-state index is -0.436. The third-order valence-electron chi connectivity index (χ3n) is 2.28. The van der Waals surface area contributed by atoms with Crippen molar-refractivity contribution in [2.24, 2.45) is 0 Å². The Hall–Kier alpha value is -2.01. The van der Waals surface area contributed by atoms with Gasteiger partial charge in [0.2, 0.25) is 0 Å². The lowest BCUT2D eigenvalue weighted by Crippen LogP contribution is -1.95. The number of ether oxygens (including phenoxy) is 1. The molecule has 4 nitrogen and oxygen atoms in total. The van der Waals surface area contributed by atoms with Crippen LogP contribution < -0.4 is 4.74 Å².